The van der Waals surface area contributed by atoms with Gasteiger partial charge in [-0.05, 0) is 30.2 Å². The van der Waals surface area contributed by atoms with Crippen LogP contribution >= 0.6 is 0 Å². The molecule has 18 heavy (non-hydrogen) atoms. The summed E-state index contributed by atoms with van der Waals surface area (Å²) < 4.78 is 13.1. The molecule has 1 aliphatic heterocycles. The topological polar surface area (TPSA) is 57.6 Å². The Hall–Kier alpha value is -2.17. The number of fused-ring (bicyclic) bond motifs is 1. The first-order valence-corrected chi connectivity index (χ1v) is 5.49. The predicted molar refractivity (Wildman–Crippen MR) is 63.8 cm³/mol. The van der Waals surface area contributed by atoms with Crippen molar-refractivity contribution in [2.45, 2.75) is 12.8 Å². The Morgan fingerprint density at radius 2 is 2.17 bits per heavy atom. The van der Waals surface area contributed by atoms with E-state index < -0.39 is 5.97 Å². The van der Waals surface area contributed by atoms with Crippen LogP contribution in [0.25, 0.3) is 0 Å². The fourth-order valence-corrected chi connectivity index (χ4v) is 1.96. The number of carboxylic acids is 1. The van der Waals surface area contributed by atoms with Gasteiger partial charge in [0, 0.05) is 17.7 Å². The van der Waals surface area contributed by atoms with Crippen molar-refractivity contribution in [1.82, 2.24) is 0 Å². The molecular weight excluding hydrogens is 237 g/mol. The van der Waals surface area contributed by atoms with Crippen LogP contribution in [0.15, 0.2) is 30.4 Å². The molecule has 0 fully saturated rings. The zero-order valence-corrected chi connectivity index (χ0v) is 9.65. The van der Waals surface area contributed by atoms with Gasteiger partial charge in [0.1, 0.15) is 5.82 Å². The maximum absolute atomic E-state index is 13.1. The standard InChI is InChI=1S/C13H12FNO3/c1-8(13(17)18)7-15-11-4-3-10(14)6-9(11)2-5-12(15)16/h3-4,6H,1-2,5,7H2,(H,17,18). The molecule has 1 heterocycles. The number of halogens is 1. The third kappa shape index (κ3) is 2.25. The van der Waals surface area contributed by atoms with Crippen molar-refractivity contribution in [2.24, 2.45) is 0 Å². The highest BCUT2D eigenvalue weighted by molar-refractivity contribution is 5.99. The first-order chi connectivity index (χ1) is 8.49. The van der Waals surface area contributed by atoms with Crippen LogP contribution in [0.1, 0.15) is 12.0 Å². The van der Waals surface area contributed by atoms with Gasteiger partial charge < -0.3 is 10.0 Å². The average molecular weight is 249 g/mol. The van der Waals surface area contributed by atoms with E-state index in [0.29, 0.717) is 17.7 Å². The highest BCUT2D eigenvalue weighted by atomic mass is 19.1. The molecule has 2 rings (SSSR count). The molecule has 0 atom stereocenters. The smallest absolute Gasteiger partial charge is 0.332 e. The molecule has 4 nitrogen and oxygen atoms in total. The zero-order chi connectivity index (χ0) is 13.3. The molecule has 0 radical (unpaired) electrons. The summed E-state index contributed by atoms with van der Waals surface area (Å²) in [6, 6.07) is 4.13. The van der Waals surface area contributed by atoms with Crippen LogP contribution in [-0.2, 0) is 16.0 Å². The lowest BCUT2D eigenvalue weighted by atomic mass is 10.0. The van der Waals surface area contributed by atoms with E-state index in [4.69, 9.17) is 5.11 Å². The van der Waals surface area contributed by atoms with E-state index in [1.165, 1.54) is 23.1 Å². The van der Waals surface area contributed by atoms with Gasteiger partial charge >= 0.3 is 5.97 Å². The SMILES string of the molecule is C=C(CN1C(=O)CCc2cc(F)ccc21)C(=O)O. The van der Waals surface area contributed by atoms with Gasteiger partial charge in [0.15, 0.2) is 0 Å². The largest absolute Gasteiger partial charge is 0.478 e. The monoisotopic (exact) mass is 249 g/mol. The Bertz CT molecular complexity index is 539. The highest BCUT2D eigenvalue weighted by Gasteiger charge is 2.25. The summed E-state index contributed by atoms with van der Waals surface area (Å²) in [7, 11) is 0. The van der Waals surface area contributed by atoms with Crippen molar-refractivity contribution in [3.05, 3.63) is 41.7 Å². The van der Waals surface area contributed by atoms with E-state index in [0.717, 1.165) is 0 Å². The van der Waals surface area contributed by atoms with Crippen LogP contribution in [0.2, 0.25) is 0 Å². The lowest BCUT2D eigenvalue weighted by Gasteiger charge is -2.29. The van der Waals surface area contributed by atoms with Gasteiger partial charge in [0.05, 0.1) is 6.54 Å². The van der Waals surface area contributed by atoms with E-state index in [2.05, 4.69) is 6.58 Å². The van der Waals surface area contributed by atoms with E-state index in [-0.39, 0.29) is 30.3 Å². The van der Waals surface area contributed by atoms with Crippen molar-refractivity contribution in [2.75, 3.05) is 11.4 Å². The molecule has 1 aromatic carbocycles. The Labute approximate surface area is 103 Å². The van der Waals surface area contributed by atoms with Gasteiger partial charge in [-0.2, -0.15) is 0 Å². The Balaban J connectivity index is 2.33. The minimum Gasteiger partial charge on any atom is -0.478 e. The van der Waals surface area contributed by atoms with E-state index in [1.54, 1.807) is 0 Å². The summed E-state index contributed by atoms with van der Waals surface area (Å²) in [5.41, 5.74) is 1.21. The van der Waals surface area contributed by atoms with E-state index >= 15 is 0 Å². The summed E-state index contributed by atoms with van der Waals surface area (Å²) in [6.45, 7) is 3.33. The number of aliphatic carboxylic acids is 1. The molecule has 94 valence electrons. The lowest BCUT2D eigenvalue weighted by molar-refractivity contribution is -0.132. The fraction of sp³-hybridized carbons (Fsp3) is 0.231. The Morgan fingerprint density at radius 1 is 1.44 bits per heavy atom. The van der Waals surface area contributed by atoms with Crippen molar-refractivity contribution < 1.29 is 19.1 Å². The summed E-state index contributed by atoms with van der Waals surface area (Å²) in [5, 5.41) is 8.79. The van der Waals surface area contributed by atoms with Crippen molar-refractivity contribution in [1.29, 1.82) is 0 Å². The zero-order valence-electron chi connectivity index (χ0n) is 9.65. The maximum Gasteiger partial charge on any atom is 0.332 e. The first kappa shape index (κ1) is 12.3. The molecule has 0 unspecified atom stereocenters. The van der Waals surface area contributed by atoms with Crippen molar-refractivity contribution in [3.8, 4) is 0 Å². The third-order valence-electron chi connectivity index (χ3n) is 2.89. The highest BCUT2D eigenvalue weighted by Crippen LogP contribution is 2.28. The summed E-state index contributed by atoms with van der Waals surface area (Å²) in [6.07, 6.45) is 0.728. The molecule has 5 heteroatoms. The normalized spacial score (nSPS) is 14.3. The van der Waals surface area contributed by atoms with E-state index in [9.17, 15) is 14.0 Å². The molecular formula is C13H12FNO3. The molecule has 1 aliphatic rings. The molecule has 1 aromatic rings. The lowest BCUT2D eigenvalue weighted by Crippen LogP contribution is -2.37. The van der Waals surface area contributed by atoms with Crippen LogP contribution in [-0.4, -0.2) is 23.5 Å². The van der Waals surface area contributed by atoms with Crippen molar-refractivity contribution in [3.63, 3.8) is 0 Å². The molecule has 0 bridgehead atoms. The minimum atomic E-state index is -1.14. The number of carbonyl (C=O) groups is 2. The fourth-order valence-electron chi connectivity index (χ4n) is 1.96. The number of anilines is 1. The number of rotatable bonds is 3. The first-order valence-electron chi connectivity index (χ1n) is 5.49. The van der Waals surface area contributed by atoms with Crippen LogP contribution < -0.4 is 4.90 Å². The molecule has 0 aromatic heterocycles. The second kappa shape index (κ2) is 4.60. The summed E-state index contributed by atoms with van der Waals surface area (Å²) in [5.74, 6) is -1.67. The number of aryl methyl sites for hydroxylation is 1. The molecule has 1 amide bonds. The maximum atomic E-state index is 13.1. The third-order valence-corrected chi connectivity index (χ3v) is 2.89. The van der Waals surface area contributed by atoms with Crippen molar-refractivity contribution >= 4 is 17.6 Å². The Morgan fingerprint density at radius 3 is 2.83 bits per heavy atom. The number of hydrogen-bond donors (Lipinski definition) is 1. The van der Waals surface area contributed by atoms with Gasteiger partial charge in [0.2, 0.25) is 5.91 Å². The molecule has 0 saturated carbocycles. The van der Waals surface area contributed by atoms with Gasteiger partial charge in [-0.25, -0.2) is 9.18 Å². The number of hydrogen-bond acceptors (Lipinski definition) is 2. The Kier molecular flexibility index (Phi) is 3.14. The number of benzene rings is 1. The quantitative estimate of drug-likeness (QED) is 0.830. The number of nitrogens with zero attached hydrogens (tertiary/aromatic N) is 1. The van der Waals surface area contributed by atoms with E-state index in [1.807, 2.05) is 0 Å². The molecule has 1 N–H and O–H groups in total. The predicted octanol–water partition coefficient (Wildman–Crippen LogP) is 1.75. The molecule has 0 aliphatic carbocycles. The van der Waals surface area contributed by atoms with Gasteiger partial charge in [-0.15, -0.1) is 0 Å². The van der Waals surface area contributed by atoms with Crippen LogP contribution in [0, 0.1) is 5.82 Å². The second-order valence-corrected chi connectivity index (χ2v) is 4.16. The molecule has 0 saturated heterocycles. The second-order valence-electron chi connectivity index (χ2n) is 4.16. The summed E-state index contributed by atoms with van der Waals surface area (Å²) in [4.78, 5) is 23.9. The van der Waals surface area contributed by atoms with Gasteiger partial charge in [-0.1, -0.05) is 6.58 Å². The van der Waals surface area contributed by atoms with Crippen LogP contribution in [0.5, 0.6) is 0 Å². The number of carbonyl (C=O) groups excluding carboxylic acids is 1. The van der Waals surface area contributed by atoms with Crippen LogP contribution in [0.4, 0.5) is 10.1 Å². The minimum absolute atomic E-state index is 0.0690. The van der Waals surface area contributed by atoms with Gasteiger partial charge in [0.25, 0.3) is 0 Å². The van der Waals surface area contributed by atoms with Crippen LogP contribution in [0.3, 0.4) is 0 Å². The molecule has 0 spiro atoms. The number of carboxylic acid groups (broad SMARTS) is 1. The average Bonchev–Trinajstić information content (AvgIpc) is 2.32. The summed E-state index contributed by atoms with van der Waals surface area (Å²) >= 11 is 0. The van der Waals surface area contributed by atoms with Gasteiger partial charge in [-0.3, -0.25) is 4.79 Å². The number of amides is 1.